The van der Waals surface area contributed by atoms with Crippen molar-refractivity contribution in [1.29, 1.82) is 0 Å². The van der Waals surface area contributed by atoms with Crippen LogP contribution in [0.3, 0.4) is 0 Å². The van der Waals surface area contributed by atoms with Crippen LogP contribution in [0.5, 0.6) is 0 Å². The van der Waals surface area contributed by atoms with Gasteiger partial charge in [0, 0.05) is 24.2 Å². The molecule has 4 N–H and O–H groups in total. The maximum atomic E-state index is 12.6. The van der Waals surface area contributed by atoms with Crippen LogP contribution in [0.4, 0.5) is 0 Å². The molecule has 1 aliphatic heterocycles. The third-order valence-corrected chi connectivity index (χ3v) is 6.19. The van der Waals surface area contributed by atoms with E-state index in [2.05, 4.69) is 10.0 Å². The molecule has 1 heterocycles. The molecule has 1 saturated carbocycles. The molecule has 1 aromatic rings. The number of rotatable bonds is 4. The average molecular weight is 360 g/mol. The first-order chi connectivity index (χ1) is 10.5. The lowest BCUT2D eigenvalue weighted by molar-refractivity contribution is 0.0945. The molecule has 1 fully saturated rings. The predicted molar refractivity (Wildman–Crippen MR) is 90.3 cm³/mol. The van der Waals surface area contributed by atoms with Gasteiger partial charge >= 0.3 is 0 Å². The van der Waals surface area contributed by atoms with E-state index in [0.29, 0.717) is 12.1 Å². The number of sulfonamides is 1. The molecule has 8 heteroatoms. The average Bonchev–Trinajstić information content (AvgIpc) is 2.96. The second-order valence-electron chi connectivity index (χ2n) is 6.12. The number of benzene rings is 1. The highest BCUT2D eigenvalue weighted by molar-refractivity contribution is 7.89. The van der Waals surface area contributed by atoms with Gasteiger partial charge in [-0.05, 0) is 37.0 Å². The molecule has 6 nitrogen and oxygen atoms in total. The fourth-order valence-corrected chi connectivity index (χ4v) is 4.80. The van der Waals surface area contributed by atoms with Gasteiger partial charge in [-0.15, -0.1) is 12.4 Å². The summed E-state index contributed by atoms with van der Waals surface area (Å²) in [5.41, 5.74) is 6.58. The van der Waals surface area contributed by atoms with Gasteiger partial charge in [0.2, 0.25) is 10.0 Å². The normalized spacial score (nSPS) is 19.6. The van der Waals surface area contributed by atoms with Gasteiger partial charge in [-0.1, -0.05) is 18.9 Å². The zero-order chi connectivity index (χ0) is 15.8. The first-order valence-electron chi connectivity index (χ1n) is 7.61. The second-order valence-corrected chi connectivity index (χ2v) is 7.80. The van der Waals surface area contributed by atoms with Crippen LogP contribution >= 0.6 is 12.4 Å². The maximum Gasteiger partial charge on any atom is 0.251 e. The lowest BCUT2D eigenvalue weighted by Gasteiger charge is -2.28. The molecule has 1 aromatic carbocycles. The van der Waals surface area contributed by atoms with E-state index in [0.717, 1.165) is 37.7 Å². The zero-order valence-electron chi connectivity index (χ0n) is 12.8. The zero-order valence-corrected chi connectivity index (χ0v) is 14.4. The van der Waals surface area contributed by atoms with E-state index in [9.17, 15) is 13.2 Å². The Morgan fingerprint density at radius 1 is 1.26 bits per heavy atom. The molecular weight excluding hydrogens is 338 g/mol. The third-order valence-electron chi connectivity index (χ3n) is 4.62. The Balaban J connectivity index is 0.00000192. The fourth-order valence-electron chi connectivity index (χ4n) is 3.30. The van der Waals surface area contributed by atoms with E-state index in [4.69, 9.17) is 5.73 Å². The first-order valence-corrected chi connectivity index (χ1v) is 9.09. The summed E-state index contributed by atoms with van der Waals surface area (Å²) in [4.78, 5) is 12.0. The molecular formula is C15H22ClN3O3S. The summed E-state index contributed by atoms with van der Waals surface area (Å²) in [5.74, 6) is -0.215. The monoisotopic (exact) mass is 359 g/mol. The van der Waals surface area contributed by atoms with Crippen molar-refractivity contribution in [1.82, 2.24) is 10.0 Å². The van der Waals surface area contributed by atoms with Crippen LogP contribution in [-0.4, -0.2) is 33.0 Å². The highest BCUT2D eigenvalue weighted by Crippen LogP contribution is 2.30. The Morgan fingerprint density at radius 3 is 2.61 bits per heavy atom. The van der Waals surface area contributed by atoms with Gasteiger partial charge in [-0.25, -0.2) is 13.1 Å². The second kappa shape index (κ2) is 6.76. The number of fused-ring (bicyclic) bond motifs is 1. The van der Waals surface area contributed by atoms with Gasteiger partial charge in [0.15, 0.2) is 0 Å². The maximum absolute atomic E-state index is 12.6. The van der Waals surface area contributed by atoms with Gasteiger partial charge in [0.1, 0.15) is 0 Å². The van der Waals surface area contributed by atoms with Crippen LogP contribution in [-0.2, 0) is 16.4 Å². The summed E-state index contributed by atoms with van der Waals surface area (Å²) >= 11 is 0. The van der Waals surface area contributed by atoms with Gasteiger partial charge in [-0.3, -0.25) is 4.79 Å². The smallest absolute Gasteiger partial charge is 0.251 e. The molecule has 0 unspecified atom stereocenters. The number of amides is 1. The molecule has 0 radical (unpaired) electrons. The molecule has 0 saturated heterocycles. The van der Waals surface area contributed by atoms with E-state index >= 15 is 0 Å². The van der Waals surface area contributed by atoms with Crippen LogP contribution in [0.15, 0.2) is 23.1 Å². The summed E-state index contributed by atoms with van der Waals surface area (Å²) in [6, 6.07) is 4.76. The van der Waals surface area contributed by atoms with Crippen molar-refractivity contribution in [3.63, 3.8) is 0 Å². The van der Waals surface area contributed by atoms with Gasteiger partial charge in [0.05, 0.1) is 4.90 Å². The minimum Gasteiger partial charge on any atom is -0.352 e. The Morgan fingerprint density at radius 2 is 1.96 bits per heavy atom. The molecule has 1 amide bonds. The van der Waals surface area contributed by atoms with Crippen molar-refractivity contribution in [3.05, 3.63) is 29.3 Å². The number of nitrogens with two attached hydrogens (primary N) is 1. The fraction of sp³-hybridized carbons (Fsp3) is 0.533. The summed E-state index contributed by atoms with van der Waals surface area (Å²) in [5, 5.41) is 2.73. The highest BCUT2D eigenvalue weighted by atomic mass is 35.5. The number of halogens is 1. The predicted octanol–water partition coefficient (Wildman–Crippen LogP) is 0.944. The lowest BCUT2D eigenvalue weighted by Crippen LogP contribution is -2.51. The standard InChI is InChI=1S/C15H21N3O3S.ClH/c16-10-15(6-1-2-7-15)18-22(20,21)12-4-3-11-5-8-17-14(19)13(11)9-12;/h3-4,9,18H,1-2,5-8,10,16H2,(H,17,19);1H. The van der Waals surface area contributed by atoms with E-state index in [1.807, 2.05) is 0 Å². The number of carbonyl (C=O) groups is 1. The van der Waals surface area contributed by atoms with Crippen molar-refractivity contribution in [2.45, 2.75) is 42.5 Å². The minimum atomic E-state index is -3.68. The van der Waals surface area contributed by atoms with Gasteiger partial charge in [0.25, 0.3) is 5.91 Å². The number of carbonyl (C=O) groups excluding carboxylic acids is 1. The molecule has 0 spiro atoms. The van der Waals surface area contributed by atoms with Crippen LogP contribution in [0.25, 0.3) is 0 Å². The van der Waals surface area contributed by atoms with Crippen molar-refractivity contribution in [3.8, 4) is 0 Å². The van der Waals surface area contributed by atoms with E-state index in [-0.39, 0.29) is 29.8 Å². The molecule has 1 aliphatic carbocycles. The lowest BCUT2D eigenvalue weighted by atomic mass is 10.0. The van der Waals surface area contributed by atoms with Gasteiger partial charge in [-0.2, -0.15) is 0 Å². The molecule has 0 bridgehead atoms. The van der Waals surface area contributed by atoms with Crippen molar-refractivity contribution in [2.24, 2.45) is 5.73 Å². The van der Waals surface area contributed by atoms with Crippen LogP contribution < -0.4 is 15.8 Å². The summed E-state index contributed by atoms with van der Waals surface area (Å²) in [6.07, 6.45) is 4.20. The first kappa shape index (κ1) is 18.2. The van der Waals surface area contributed by atoms with Gasteiger partial charge < -0.3 is 11.1 Å². The van der Waals surface area contributed by atoms with Crippen molar-refractivity contribution in [2.75, 3.05) is 13.1 Å². The molecule has 23 heavy (non-hydrogen) atoms. The largest absolute Gasteiger partial charge is 0.352 e. The molecule has 0 aromatic heterocycles. The Kier molecular flexibility index (Phi) is 5.35. The van der Waals surface area contributed by atoms with Crippen LogP contribution in [0.1, 0.15) is 41.6 Å². The Bertz CT molecular complexity index is 700. The summed E-state index contributed by atoms with van der Waals surface area (Å²) in [6.45, 7) is 0.879. The number of hydrogen-bond acceptors (Lipinski definition) is 4. The van der Waals surface area contributed by atoms with Crippen molar-refractivity contribution >= 4 is 28.3 Å². The van der Waals surface area contributed by atoms with Crippen molar-refractivity contribution < 1.29 is 13.2 Å². The summed E-state index contributed by atoms with van der Waals surface area (Å²) in [7, 11) is -3.68. The van der Waals surface area contributed by atoms with Crippen LogP contribution in [0.2, 0.25) is 0 Å². The quantitative estimate of drug-likeness (QED) is 0.744. The minimum absolute atomic E-state index is 0. The molecule has 0 atom stereocenters. The van der Waals surface area contributed by atoms with E-state index < -0.39 is 15.6 Å². The van der Waals surface area contributed by atoms with E-state index in [1.54, 1.807) is 12.1 Å². The topological polar surface area (TPSA) is 101 Å². The number of hydrogen-bond donors (Lipinski definition) is 3. The van der Waals surface area contributed by atoms with Crippen LogP contribution in [0, 0.1) is 0 Å². The molecule has 2 aliphatic rings. The molecule has 3 rings (SSSR count). The number of nitrogens with one attached hydrogen (secondary N) is 2. The Hall–Kier alpha value is -1.15. The Labute approximate surface area is 142 Å². The highest BCUT2D eigenvalue weighted by Gasteiger charge is 2.37. The van der Waals surface area contributed by atoms with E-state index in [1.165, 1.54) is 6.07 Å². The third kappa shape index (κ3) is 3.52. The SMILES string of the molecule is Cl.NCC1(NS(=O)(=O)c2ccc3c(c2)C(=O)NCC3)CCCC1. The molecule has 128 valence electrons. The summed E-state index contributed by atoms with van der Waals surface area (Å²) < 4.78 is 28.1.